The quantitative estimate of drug-likeness (QED) is 0.444. The summed E-state index contributed by atoms with van der Waals surface area (Å²) >= 11 is 0. The Balaban J connectivity index is 1.44. The highest BCUT2D eigenvalue weighted by atomic mass is 19.4. The van der Waals surface area contributed by atoms with Gasteiger partial charge in [0.15, 0.2) is 5.82 Å². The predicted molar refractivity (Wildman–Crippen MR) is 150 cm³/mol. The van der Waals surface area contributed by atoms with E-state index in [1.165, 1.54) is 6.07 Å². The molecule has 2 aliphatic heterocycles. The van der Waals surface area contributed by atoms with Crippen molar-refractivity contribution in [3.8, 4) is 23.3 Å². The summed E-state index contributed by atoms with van der Waals surface area (Å²) in [5.41, 5.74) is -0.154. The first-order valence-electron chi connectivity index (χ1n) is 13.9. The second-order valence-corrected chi connectivity index (χ2v) is 10.7. The van der Waals surface area contributed by atoms with Gasteiger partial charge in [-0.05, 0) is 70.1 Å². The Hall–Kier alpha value is -4.24. The van der Waals surface area contributed by atoms with Crippen molar-refractivity contribution in [1.82, 2.24) is 25.2 Å². The summed E-state index contributed by atoms with van der Waals surface area (Å²) < 4.78 is 45.4. The number of likely N-dealkylation sites (N-methyl/N-ethyl adjacent to an activating group) is 1. The van der Waals surface area contributed by atoms with Gasteiger partial charge in [0.25, 0.3) is 0 Å². The van der Waals surface area contributed by atoms with Gasteiger partial charge in [-0.15, -0.1) is 0 Å². The number of likely N-dealkylation sites (tertiary alicyclic amines) is 1. The number of nitrogens with zero attached hydrogens (tertiary/aromatic N) is 6. The van der Waals surface area contributed by atoms with Crippen molar-refractivity contribution in [3.05, 3.63) is 65.6 Å². The van der Waals surface area contributed by atoms with E-state index in [2.05, 4.69) is 25.2 Å². The SMILES string of the molecule is CCOc1ncccc1-c1ncc(C2(C(=O)NC3CCN(C)C3)CCN(c3ccc(C(F)(F)F)cc3C#N)CC2)cn1. The number of anilines is 1. The fourth-order valence-corrected chi connectivity index (χ4v) is 5.76. The number of amides is 1. The van der Waals surface area contributed by atoms with Crippen molar-refractivity contribution in [2.45, 2.75) is 43.8 Å². The number of ether oxygens (including phenoxy) is 1. The first kappa shape index (κ1) is 29.3. The Morgan fingerprint density at radius 3 is 2.52 bits per heavy atom. The third kappa shape index (κ3) is 5.87. The number of nitrogens with one attached hydrogen (secondary N) is 1. The van der Waals surface area contributed by atoms with Gasteiger partial charge in [0, 0.05) is 49.8 Å². The summed E-state index contributed by atoms with van der Waals surface area (Å²) in [7, 11) is 2.01. The van der Waals surface area contributed by atoms with E-state index in [4.69, 9.17) is 4.74 Å². The minimum absolute atomic E-state index is 0.0156. The zero-order valence-corrected chi connectivity index (χ0v) is 23.5. The minimum Gasteiger partial charge on any atom is -0.477 e. The molecule has 0 spiro atoms. The summed E-state index contributed by atoms with van der Waals surface area (Å²) in [5.74, 6) is 0.718. The Kier molecular flexibility index (Phi) is 8.31. The van der Waals surface area contributed by atoms with E-state index in [0.717, 1.165) is 31.6 Å². The van der Waals surface area contributed by atoms with E-state index >= 15 is 0 Å². The Morgan fingerprint density at radius 1 is 1.17 bits per heavy atom. The number of halogens is 3. The van der Waals surface area contributed by atoms with Gasteiger partial charge >= 0.3 is 6.18 Å². The van der Waals surface area contributed by atoms with Crippen LogP contribution in [0.1, 0.15) is 42.9 Å². The first-order chi connectivity index (χ1) is 20.1. The van der Waals surface area contributed by atoms with Crippen LogP contribution in [0.15, 0.2) is 48.9 Å². The number of carbonyl (C=O) groups excluding carboxylic acids is 1. The molecule has 42 heavy (non-hydrogen) atoms. The fraction of sp³-hybridized carbons (Fsp3) is 0.433. The summed E-state index contributed by atoms with van der Waals surface area (Å²) in [5, 5.41) is 12.8. The van der Waals surface area contributed by atoms with Crippen LogP contribution in [0.4, 0.5) is 18.9 Å². The lowest BCUT2D eigenvalue weighted by atomic mass is 9.72. The van der Waals surface area contributed by atoms with E-state index in [-0.39, 0.29) is 17.5 Å². The first-order valence-corrected chi connectivity index (χ1v) is 13.9. The molecule has 1 unspecified atom stereocenters. The van der Waals surface area contributed by atoms with E-state index < -0.39 is 17.2 Å². The summed E-state index contributed by atoms with van der Waals surface area (Å²) in [6.45, 7) is 4.66. The molecule has 1 N–H and O–H groups in total. The molecule has 3 aromatic rings. The Bertz CT molecular complexity index is 1460. The molecule has 1 atom stereocenters. The number of aromatic nitrogens is 3. The monoisotopic (exact) mass is 579 g/mol. The topological polar surface area (TPSA) is 107 Å². The number of carbonyl (C=O) groups is 1. The minimum atomic E-state index is -4.54. The van der Waals surface area contributed by atoms with E-state index in [1.807, 2.05) is 31.0 Å². The van der Waals surface area contributed by atoms with Crippen molar-refractivity contribution >= 4 is 11.6 Å². The van der Waals surface area contributed by atoms with Crippen LogP contribution in [0.25, 0.3) is 11.4 Å². The molecule has 2 aliphatic rings. The van der Waals surface area contributed by atoms with E-state index in [9.17, 15) is 23.2 Å². The van der Waals surface area contributed by atoms with Crippen LogP contribution in [0, 0.1) is 11.3 Å². The van der Waals surface area contributed by atoms with Crippen molar-refractivity contribution in [1.29, 1.82) is 5.26 Å². The van der Waals surface area contributed by atoms with Crippen molar-refractivity contribution in [2.24, 2.45) is 0 Å². The maximum Gasteiger partial charge on any atom is 0.416 e. The van der Waals surface area contributed by atoms with Crippen LogP contribution in [0.5, 0.6) is 5.88 Å². The highest BCUT2D eigenvalue weighted by Crippen LogP contribution is 2.40. The standard InChI is InChI=1S/C30H32F3N7O2/c1-3-42-27-24(5-4-11-35-27)26-36-17-22(18-37-26)29(28(41)38-23-8-12-39(2)19-23)9-13-40(14-10-29)25-7-6-21(30(31,32)33)15-20(25)16-34/h4-7,11,15,17-18,23H,3,8-10,12-14,19H2,1-2H3,(H,38,41). The van der Waals surface area contributed by atoms with Gasteiger partial charge in [-0.25, -0.2) is 15.0 Å². The molecule has 0 aliphatic carbocycles. The largest absolute Gasteiger partial charge is 0.477 e. The van der Waals surface area contributed by atoms with Gasteiger partial charge in [-0.3, -0.25) is 4.79 Å². The molecule has 5 rings (SSSR count). The van der Waals surface area contributed by atoms with Gasteiger partial charge in [0.2, 0.25) is 11.8 Å². The summed E-state index contributed by atoms with van der Waals surface area (Å²) in [4.78, 5) is 31.5. The molecule has 9 nitrogen and oxygen atoms in total. The third-order valence-electron chi connectivity index (χ3n) is 8.06. The van der Waals surface area contributed by atoms with Gasteiger partial charge in [0.05, 0.1) is 34.4 Å². The molecule has 0 bridgehead atoms. The molecule has 220 valence electrons. The second-order valence-electron chi connectivity index (χ2n) is 10.7. The maximum atomic E-state index is 14.0. The molecule has 1 amide bonds. The van der Waals surface area contributed by atoms with Gasteiger partial charge < -0.3 is 19.9 Å². The van der Waals surface area contributed by atoms with Crippen LogP contribution in [-0.2, 0) is 16.4 Å². The van der Waals surface area contributed by atoms with Gasteiger partial charge in [0.1, 0.15) is 6.07 Å². The van der Waals surface area contributed by atoms with Crippen LogP contribution in [0.3, 0.4) is 0 Å². The number of rotatable bonds is 7. The summed E-state index contributed by atoms with van der Waals surface area (Å²) in [6.07, 6.45) is 2.00. The van der Waals surface area contributed by atoms with E-state index in [1.54, 1.807) is 24.7 Å². The molecule has 2 saturated heterocycles. The lowest BCUT2D eigenvalue weighted by molar-refractivity contribution is -0.137. The zero-order chi connectivity index (χ0) is 29.9. The average molecular weight is 580 g/mol. The molecule has 0 radical (unpaired) electrons. The normalized spacial score (nSPS) is 18.9. The number of nitriles is 1. The Morgan fingerprint density at radius 2 is 1.90 bits per heavy atom. The number of hydrogen-bond acceptors (Lipinski definition) is 8. The highest BCUT2D eigenvalue weighted by Gasteiger charge is 2.45. The number of alkyl halides is 3. The third-order valence-corrected chi connectivity index (χ3v) is 8.06. The molecule has 2 fully saturated rings. The molecule has 1 aromatic carbocycles. The van der Waals surface area contributed by atoms with Gasteiger partial charge in [-0.2, -0.15) is 18.4 Å². The van der Waals surface area contributed by atoms with Crippen molar-refractivity contribution < 1.29 is 22.7 Å². The molecular formula is C30H32F3N7O2. The lowest BCUT2D eigenvalue weighted by Gasteiger charge is -2.42. The fourth-order valence-electron chi connectivity index (χ4n) is 5.76. The van der Waals surface area contributed by atoms with Crippen molar-refractivity contribution in [3.63, 3.8) is 0 Å². The van der Waals surface area contributed by atoms with Crippen LogP contribution in [-0.4, -0.2) is 71.6 Å². The summed E-state index contributed by atoms with van der Waals surface area (Å²) in [6, 6.07) is 8.72. The van der Waals surface area contributed by atoms with Crippen LogP contribution in [0.2, 0.25) is 0 Å². The zero-order valence-electron chi connectivity index (χ0n) is 23.5. The van der Waals surface area contributed by atoms with Crippen LogP contribution < -0.4 is 15.0 Å². The average Bonchev–Trinajstić information content (AvgIpc) is 3.41. The lowest BCUT2D eigenvalue weighted by Crippen LogP contribution is -2.54. The Labute approximate surface area is 242 Å². The maximum absolute atomic E-state index is 14.0. The molecule has 0 saturated carbocycles. The van der Waals surface area contributed by atoms with Crippen molar-refractivity contribution in [2.75, 3.05) is 44.7 Å². The molecule has 12 heteroatoms. The number of benzene rings is 1. The number of hydrogen-bond donors (Lipinski definition) is 1. The number of pyridine rings is 1. The second kappa shape index (κ2) is 11.9. The van der Waals surface area contributed by atoms with Crippen LogP contribution >= 0.6 is 0 Å². The van der Waals surface area contributed by atoms with Gasteiger partial charge in [-0.1, -0.05) is 0 Å². The number of piperidine rings is 1. The predicted octanol–water partition coefficient (Wildman–Crippen LogP) is 4.19. The highest BCUT2D eigenvalue weighted by molar-refractivity contribution is 5.89. The molecular weight excluding hydrogens is 547 g/mol. The van der Waals surface area contributed by atoms with E-state index in [0.29, 0.717) is 61.1 Å². The molecule has 2 aromatic heterocycles. The molecule has 4 heterocycles. The smallest absolute Gasteiger partial charge is 0.416 e.